The van der Waals surface area contributed by atoms with E-state index in [1.165, 1.54) is 0 Å². The Morgan fingerprint density at radius 3 is 2.40 bits per heavy atom. The quantitative estimate of drug-likeness (QED) is 0.568. The Kier molecular flexibility index (Phi) is 3.28. The molecule has 0 amide bonds. The summed E-state index contributed by atoms with van der Waals surface area (Å²) in [6.45, 7) is 0. The van der Waals surface area contributed by atoms with Gasteiger partial charge in [-0.05, 0) is 12.1 Å². The maximum atomic E-state index is 13.2. The third-order valence-electron chi connectivity index (χ3n) is 1.75. The number of hydrogen-bond donors (Lipinski definition) is 0. The number of carbonyl (C=O) groups excluding carboxylic acids is 1. The Morgan fingerprint density at radius 2 is 1.93 bits per heavy atom. The van der Waals surface area contributed by atoms with Gasteiger partial charge in [0.15, 0.2) is 0 Å². The molecular weight excluding hydrogens is 216 g/mol. The summed E-state index contributed by atoms with van der Waals surface area (Å²) < 4.78 is 54.5. The lowest BCUT2D eigenvalue weighted by Crippen LogP contribution is -2.08. The molecule has 0 aliphatic rings. The molecule has 0 unspecified atom stereocenters. The van der Waals surface area contributed by atoms with Crippen LogP contribution in [0.1, 0.15) is 22.3 Å². The van der Waals surface area contributed by atoms with Crippen molar-refractivity contribution in [3.8, 4) is 0 Å². The van der Waals surface area contributed by atoms with Crippen LogP contribution in [0.15, 0.2) is 12.1 Å². The monoisotopic (exact) mass is 222 g/mol. The number of rotatable bonds is 2. The lowest BCUT2D eigenvalue weighted by atomic mass is 10.1. The van der Waals surface area contributed by atoms with Gasteiger partial charge in [-0.25, -0.2) is 22.4 Å². The molecule has 1 rings (SSSR count). The standard InChI is InChI=1S/C9H6F4O2/c1-15-9(14)4-2-3-5(10)6(7(4)11)8(12)13/h2-3,8H,1H3. The fourth-order valence-corrected chi connectivity index (χ4v) is 1.04. The van der Waals surface area contributed by atoms with Gasteiger partial charge in [-0.3, -0.25) is 0 Å². The second kappa shape index (κ2) is 4.29. The molecule has 0 radical (unpaired) electrons. The zero-order chi connectivity index (χ0) is 11.6. The van der Waals surface area contributed by atoms with E-state index in [0.29, 0.717) is 6.07 Å². The first-order valence-corrected chi connectivity index (χ1v) is 3.83. The largest absolute Gasteiger partial charge is 0.465 e. The highest BCUT2D eigenvalue weighted by atomic mass is 19.3. The number of halogens is 4. The normalized spacial score (nSPS) is 10.5. The number of ether oxygens (including phenoxy) is 1. The predicted molar refractivity (Wildman–Crippen MR) is 42.7 cm³/mol. The van der Waals surface area contributed by atoms with E-state index in [0.717, 1.165) is 13.2 Å². The molecule has 0 spiro atoms. The highest BCUT2D eigenvalue weighted by Gasteiger charge is 2.24. The van der Waals surface area contributed by atoms with Crippen molar-refractivity contribution in [3.63, 3.8) is 0 Å². The van der Waals surface area contributed by atoms with Crippen LogP contribution in [0.4, 0.5) is 17.6 Å². The summed E-state index contributed by atoms with van der Waals surface area (Å²) in [7, 11) is 0.965. The van der Waals surface area contributed by atoms with Crippen molar-refractivity contribution in [2.75, 3.05) is 7.11 Å². The lowest BCUT2D eigenvalue weighted by Gasteiger charge is -2.07. The molecule has 0 aliphatic heterocycles. The Morgan fingerprint density at radius 1 is 1.33 bits per heavy atom. The van der Waals surface area contributed by atoms with E-state index in [1.54, 1.807) is 0 Å². The van der Waals surface area contributed by atoms with Crippen LogP contribution in [0.25, 0.3) is 0 Å². The fourth-order valence-electron chi connectivity index (χ4n) is 1.04. The van der Waals surface area contributed by atoms with E-state index >= 15 is 0 Å². The van der Waals surface area contributed by atoms with Crippen molar-refractivity contribution >= 4 is 5.97 Å². The zero-order valence-electron chi connectivity index (χ0n) is 7.56. The van der Waals surface area contributed by atoms with E-state index in [-0.39, 0.29) is 0 Å². The van der Waals surface area contributed by atoms with Crippen LogP contribution in [0.2, 0.25) is 0 Å². The maximum Gasteiger partial charge on any atom is 0.340 e. The Labute approximate surface area is 82.5 Å². The van der Waals surface area contributed by atoms with Crippen molar-refractivity contribution in [2.45, 2.75) is 6.43 Å². The van der Waals surface area contributed by atoms with Crippen molar-refractivity contribution in [1.29, 1.82) is 0 Å². The molecule has 0 bridgehead atoms. The molecule has 0 aliphatic carbocycles. The molecule has 82 valence electrons. The molecule has 0 saturated heterocycles. The zero-order valence-corrected chi connectivity index (χ0v) is 7.56. The van der Waals surface area contributed by atoms with E-state index in [1.807, 2.05) is 0 Å². The molecule has 0 N–H and O–H groups in total. The van der Waals surface area contributed by atoms with Crippen LogP contribution < -0.4 is 0 Å². The Hall–Kier alpha value is -1.59. The second-order valence-corrected chi connectivity index (χ2v) is 2.61. The van der Waals surface area contributed by atoms with Crippen molar-refractivity contribution in [2.24, 2.45) is 0 Å². The Bertz CT molecular complexity index is 390. The summed E-state index contributed by atoms with van der Waals surface area (Å²) in [5, 5.41) is 0. The van der Waals surface area contributed by atoms with Crippen LogP contribution in [-0.2, 0) is 4.74 Å². The molecule has 0 aromatic heterocycles. The topological polar surface area (TPSA) is 26.3 Å². The van der Waals surface area contributed by atoms with Gasteiger partial charge in [-0.15, -0.1) is 0 Å². The summed E-state index contributed by atoms with van der Waals surface area (Å²) in [4.78, 5) is 10.9. The van der Waals surface area contributed by atoms with Gasteiger partial charge < -0.3 is 4.74 Å². The third-order valence-corrected chi connectivity index (χ3v) is 1.75. The average Bonchev–Trinajstić information content (AvgIpc) is 2.16. The first-order chi connectivity index (χ1) is 6.99. The van der Waals surface area contributed by atoms with Gasteiger partial charge in [0, 0.05) is 0 Å². The molecule has 1 aromatic rings. The summed E-state index contributed by atoms with van der Waals surface area (Å²) in [6, 6.07) is 1.35. The van der Waals surface area contributed by atoms with E-state index in [4.69, 9.17) is 0 Å². The van der Waals surface area contributed by atoms with Crippen molar-refractivity contribution < 1.29 is 27.1 Å². The minimum absolute atomic E-state index is 0.594. The SMILES string of the molecule is COC(=O)c1ccc(F)c(C(F)F)c1F. The van der Waals surface area contributed by atoms with Crippen molar-refractivity contribution in [1.82, 2.24) is 0 Å². The van der Waals surface area contributed by atoms with E-state index in [2.05, 4.69) is 4.74 Å². The summed E-state index contributed by atoms with van der Waals surface area (Å²) in [5.41, 5.74) is -2.13. The van der Waals surface area contributed by atoms with Gasteiger partial charge in [-0.1, -0.05) is 0 Å². The second-order valence-electron chi connectivity index (χ2n) is 2.61. The first kappa shape index (κ1) is 11.5. The van der Waals surface area contributed by atoms with Crippen molar-refractivity contribution in [3.05, 3.63) is 34.9 Å². The van der Waals surface area contributed by atoms with Gasteiger partial charge in [-0.2, -0.15) is 0 Å². The van der Waals surface area contributed by atoms with Crippen LogP contribution in [0.5, 0.6) is 0 Å². The highest BCUT2D eigenvalue weighted by molar-refractivity contribution is 5.89. The number of esters is 1. The molecule has 2 nitrogen and oxygen atoms in total. The summed E-state index contributed by atoms with van der Waals surface area (Å²) in [5.74, 6) is -4.11. The van der Waals surface area contributed by atoms with Crippen LogP contribution in [0.3, 0.4) is 0 Å². The fraction of sp³-hybridized carbons (Fsp3) is 0.222. The van der Waals surface area contributed by atoms with Gasteiger partial charge in [0.05, 0.1) is 18.2 Å². The lowest BCUT2D eigenvalue weighted by molar-refractivity contribution is 0.0593. The third kappa shape index (κ3) is 2.08. The van der Waals surface area contributed by atoms with E-state index < -0.39 is 35.2 Å². The molecular formula is C9H6F4O2. The first-order valence-electron chi connectivity index (χ1n) is 3.83. The smallest absolute Gasteiger partial charge is 0.340 e. The molecule has 0 atom stereocenters. The van der Waals surface area contributed by atoms with Gasteiger partial charge in [0.25, 0.3) is 6.43 Å². The maximum absolute atomic E-state index is 13.2. The van der Waals surface area contributed by atoms with Gasteiger partial charge >= 0.3 is 5.97 Å². The number of alkyl halides is 2. The molecule has 0 fully saturated rings. The minimum atomic E-state index is -3.32. The number of benzene rings is 1. The predicted octanol–water partition coefficient (Wildman–Crippen LogP) is 2.69. The van der Waals surface area contributed by atoms with Crippen LogP contribution in [-0.4, -0.2) is 13.1 Å². The molecule has 0 saturated carbocycles. The highest BCUT2D eigenvalue weighted by Crippen LogP contribution is 2.27. The molecule has 1 aromatic carbocycles. The van der Waals surface area contributed by atoms with Gasteiger partial charge in [0.1, 0.15) is 11.6 Å². The average molecular weight is 222 g/mol. The Balaban J connectivity index is 3.35. The van der Waals surface area contributed by atoms with Gasteiger partial charge in [0.2, 0.25) is 0 Å². The number of carbonyl (C=O) groups is 1. The van der Waals surface area contributed by atoms with Crippen LogP contribution >= 0.6 is 0 Å². The summed E-state index contributed by atoms with van der Waals surface area (Å²) >= 11 is 0. The van der Waals surface area contributed by atoms with E-state index in [9.17, 15) is 22.4 Å². The van der Waals surface area contributed by atoms with Crippen LogP contribution in [0, 0.1) is 11.6 Å². The molecule has 15 heavy (non-hydrogen) atoms. The number of methoxy groups -OCH3 is 1. The molecule has 6 heteroatoms. The molecule has 0 heterocycles. The minimum Gasteiger partial charge on any atom is -0.465 e. The number of hydrogen-bond acceptors (Lipinski definition) is 2. The summed E-state index contributed by atoms with van der Waals surface area (Å²) in [6.07, 6.45) is -3.32.